The summed E-state index contributed by atoms with van der Waals surface area (Å²) in [4.78, 5) is 14.7. The molecule has 7 nitrogen and oxygen atoms in total. The second-order valence-electron chi connectivity index (χ2n) is 6.72. The van der Waals surface area contributed by atoms with Crippen LogP contribution >= 0.6 is 0 Å². The fourth-order valence-electron chi connectivity index (χ4n) is 3.30. The zero-order valence-corrected chi connectivity index (χ0v) is 16.2. The first kappa shape index (κ1) is 19.6. The Balaban J connectivity index is 1.85. The van der Waals surface area contributed by atoms with E-state index < -0.39 is 10.0 Å². The van der Waals surface area contributed by atoms with Gasteiger partial charge < -0.3 is 14.6 Å². The van der Waals surface area contributed by atoms with E-state index in [1.54, 1.807) is 11.6 Å². The van der Waals surface area contributed by atoms with Crippen molar-refractivity contribution in [2.24, 2.45) is 7.05 Å². The molecule has 1 aromatic carbocycles. The number of rotatable bonds is 7. The van der Waals surface area contributed by atoms with Gasteiger partial charge in [0.15, 0.2) is 0 Å². The molecule has 3 rings (SSSR count). The minimum Gasteiger partial charge on any atom is -0.395 e. The molecule has 1 aromatic heterocycles. The minimum atomic E-state index is -3.58. The lowest BCUT2D eigenvalue weighted by Gasteiger charge is -2.22. The number of hydrogen-bond donors (Lipinski definition) is 1. The number of aryl methyl sites for hydroxylation is 1. The summed E-state index contributed by atoms with van der Waals surface area (Å²) in [6.45, 7) is 1.39. The maximum Gasteiger partial charge on any atom is 0.270 e. The summed E-state index contributed by atoms with van der Waals surface area (Å²) < 4.78 is 28.5. The van der Waals surface area contributed by atoms with E-state index in [-0.39, 0.29) is 29.6 Å². The fourth-order valence-corrected chi connectivity index (χ4v) is 4.89. The Morgan fingerprint density at radius 2 is 1.85 bits per heavy atom. The van der Waals surface area contributed by atoms with Crippen LogP contribution in [0.3, 0.4) is 0 Å². The first-order valence-corrected chi connectivity index (χ1v) is 10.5. The number of sulfonamides is 1. The molecule has 1 aliphatic heterocycles. The van der Waals surface area contributed by atoms with Crippen LogP contribution in [0.2, 0.25) is 0 Å². The van der Waals surface area contributed by atoms with Gasteiger partial charge in [0.2, 0.25) is 10.0 Å². The highest BCUT2D eigenvalue weighted by atomic mass is 32.2. The standard InChI is InChI=1S/C19H25N3O4S/c1-20-15-17(27(25,26)22-9-5-6-10-22)13-18(20)19(24)21(11-12-23)14-16-7-3-2-4-8-16/h2-4,7-8,13,15,23H,5-6,9-12,14H2,1H3. The van der Waals surface area contributed by atoms with Crippen molar-refractivity contribution in [1.29, 1.82) is 0 Å². The third kappa shape index (κ3) is 4.23. The highest BCUT2D eigenvalue weighted by Gasteiger charge is 2.30. The summed E-state index contributed by atoms with van der Waals surface area (Å²) in [5, 5.41) is 9.35. The van der Waals surface area contributed by atoms with Crippen molar-refractivity contribution in [2.45, 2.75) is 24.3 Å². The monoisotopic (exact) mass is 391 g/mol. The summed E-state index contributed by atoms with van der Waals surface area (Å²) in [5.74, 6) is -0.307. The molecule has 1 aliphatic rings. The molecule has 0 saturated carbocycles. The Kier molecular flexibility index (Phi) is 5.98. The lowest BCUT2D eigenvalue weighted by Crippen LogP contribution is -2.34. The summed E-state index contributed by atoms with van der Waals surface area (Å²) in [6.07, 6.45) is 3.21. The van der Waals surface area contributed by atoms with Crippen LogP contribution in [-0.4, -0.2) is 59.4 Å². The molecule has 0 unspecified atom stereocenters. The van der Waals surface area contributed by atoms with Crippen LogP contribution in [-0.2, 0) is 23.6 Å². The molecule has 0 bridgehead atoms. The van der Waals surface area contributed by atoms with Crippen LogP contribution in [0.4, 0.5) is 0 Å². The van der Waals surface area contributed by atoms with Gasteiger partial charge >= 0.3 is 0 Å². The molecule has 1 fully saturated rings. The van der Waals surface area contributed by atoms with E-state index in [1.807, 2.05) is 30.3 Å². The van der Waals surface area contributed by atoms with Gasteiger partial charge in [-0.25, -0.2) is 8.42 Å². The van der Waals surface area contributed by atoms with Crippen molar-refractivity contribution < 1.29 is 18.3 Å². The third-order valence-electron chi connectivity index (χ3n) is 4.78. The molecule has 146 valence electrons. The molecule has 0 radical (unpaired) electrons. The summed E-state index contributed by atoms with van der Waals surface area (Å²) in [7, 11) is -1.92. The van der Waals surface area contributed by atoms with Crippen LogP contribution in [0.25, 0.3) is 0 Å². The molecule has 0 aliphatic carbocycles. The Labute approximate surface area is 159 Å². The molecule has 2 aromatic rings. The lowest BCUT2D eigenvalue weighted by atomic mass is 10.2. The maximum absolute atomic E-state index is 13.0. The van der Waals surface area contributed by atoms with Gasteiger partial charge in [-0.1, -0.05) is 30.3 Å². The molecular weight excluding hydrogens is 366 g/mol. The van der Waals surface area contributed by atoms with Crippen LogP contribution in [0.1, 0.15) is 28.9 Å². The zero-order chi connectivity index (χ0) is 19.4. The highest BCUT2D eigenvalue weighted by molar-refractivity contribution is 7.89. The minimum absolute atomic E-state index is 0.138. The smallest absolute Gasteiger partial charge is 0.270 e. The highest BCUT2D eigenvalue weighted by Crippen LogP contribution is 2.23. The molecule has 1 amide bonds. The second kappa shape index (κ2) is 8.24. The first-order valence-electron chi connectivity index (χ1n) is 9.04. The van der Waals surface area contributed by atoms with Crippen LogP contribution in [0.15, 0.2) is 47.5 Å². The van der Waals surface area contributed by atoms with Gasteiger partial charge in [-0.3, -0.25) is 4.79 Å². The molecule has 8 heteroatoms. The Morgan fingerprint density at radius 3 is 2.48 bits per heavy atom. The number of carbonyl (C=O) groups is 1. The number of hydrogen-bond acceptors (Lipinski definition) is 4. The number of aromatic nitrogens is 1. The van der Waals surface area contributed by atoms with Crippen LogP contribution in [0.5, 0.6) is 0 Å². The number of benzene rings is 1. The molecule has 27 heavy (non-hydrogen) atoms. The summed E-state index contributed by atoms with van der Waals surface area (Å²) in [5.41, 5.74) is 1.23. The van der Waals surface area contributed by atoms with E-state index in [0.29, 0.717) is 19.6 Å². The van der Waals surface area contributed by atoms with Crippen molar-refractivity contribution in [2.75, 3.05) is 26.2 Å². The second-order valence-corrected chi connectivity index (χ2v) is 8.66. The van der Waals surface area contributed by atoms with Gasteiger partial charge in [-0.2, -0.15) is 4.31 Å². The predicted octanol–water partition coefficient (Wildman–Crippen LogP) is 1.44. The fraction of sp³-hybridized carbons (Fsp3) is 0.421. The van der Waals surface area contributed by atoms with E-state index in [9.17, 15) is 18.3 Å². The number of nitrogens with zero attached hydrogens (tertiary/aromatic N) is 3. The van der Waals surface area contributed by atoms with Gasteiger partial charge in [-0.15, -0.1) is 0 Å². The summed E-state index contributed by atoms with van der Waals surface area (Å²) in [6, 6.07) is 10.9. The molecule has 1 N–H and O–H groups in total. The Hall–Kier alpha value is -2.16. The zero-order valence-electron chi connectivity index (χ0n) is 15.4. The quantitative estimate of drug-likeness (QED) is 0.774. The molecule has 0 spiro atoms. The predicted molar refractivity (Wildman–Crippen MR) is 102 cm³/mol. The Morgan fingerprint density at radius 1 is 1.19 bits per heavy atom. The van der Waals surface area contributed by atoms with E-state index >= 15 is 0 Å². The van der Waals surface area contributed by atoms with Crippen molar-refractivity contribution >= 4 is 15.9 Å². The number of amides is 1. The van der Waals surface area contributed by atoms with Crippen molar-refractivity contribution in [3.63, 3.8) is 0 Å². The summed E-state index contributed by atoms with van der Waals surface area (Å²) >= 11 is 0. The van der Waals surface area contributed by atoms with E-state index in [4.69, 9.17) is 0 Å². The average molecular weight is 391 g/mol. The van der Waals surface area contributed by atoms with E-state index in [0.717, 1.165) is 18.4 Å². The van der Waals surface area contributed by atoms with Crippen molar-refractivity contribution in [1.82, 2.24) is 13.8 Å². The van der Waals surface area contributed by atoms with Crippen LogP contribution in [0, 0.1) is 0 Å². The normalized spacial score (nSPS) is 15.2. The Bertz CT molecular complexity index is 887. The number of aliphatic hydroxyl groups is 1. The maximum atomic E-state index is 13.0. The van der Waals surface area contributed by atoms with Crippen molar-refractivity contribution in [3.05, 3.63) is 53.9 Å². The molecule has 0 atom stereocenters. The van der Waals surface area contributed by atoms with Crippen molar-refractivity contribution in [3.8, 4) is 0 Å². The van der Waals surface area contributed by atoms with Gasteiger partial charge in [0.05, 0.1) is 6.61 Å². The number of aliphatic hydroxyl groups excluding tert-OH is 1. The largest absolute Gasteiger partial charge is 0.395 e. The van der Waals surface area contributed by atoms with Gasteiger partial charge in [-0.05, 0) is 24.5 Å². The topological polar surface area (TPSA) is 82.9 Å². The molecular formula is C19H25N3O4S. The lowest BCUT2D eigenvalue weighted by molar-refractivity contribution is 0.0698. The van der Waals surface area contributed by atoms with Gasteiger partial charge in [0, 0.05) is 39.4 Å². The first-order chi connectivity index (χ1) is 12.9. The van der Waals surface area contributed by atoms with E-state index in [1.165, 1.54) is 21.5 Å². The van der Waals surface area contributed by atoms with E-state index in [2.05, 4.69) is 0 Å². The van der Waals surface area contributed by atoms with Gasteiger partial charge in [0.1, 0.15) is 10.6 Å². The SMILES string of the molecule is Cn1cc(S(=O)(=O)N2CCCC2)cc1C(=O)N(CCO)Cc1ccccc1. The third-order valence-corrected chi connectivity index (χ3v) is 6.64. The molecule has 1 saturated heterocycles. The number of carbonyl (C=O) groups excluding carboxylic acids is 1. The average Bonchev–Trinajstić information content (AvgIpc) is 3.32. The van der Waals surface area contributed by atoms with Gasteiger partial charge in [0.25, 0.3) is 5.91 Å². The molecule has 2 heterocycles. The van der Waals surface area contributed by atoms with Crippen LogP contribution < -0.4 is 0 Å².